The lowest BCUT2D eigenvalue weighted by atomic mass is 10.0. The van der Waals surface area contributed by atoms with Crippen molar-refractivity contribution in [2.24, 2.45) is 5.92 Å². The lowest BCUT2D eigenvalue weighted by molar-refractivity contribution is -0.137. The Morgan fingerprint density at radius 2 is 2.25 bits per heavy atom. The number of aliphatic carboxylic acids is 1. The van der Waals surface area contributed by atoms with Crippen LogP contribution in [0.2, 0.25) is 0 Å². The molecule has 1 aliphatic rings. The fourth-order valence-electron chi connectivity index (χ4n) is 2.65. The monoisotopic (exact) mass is 295 g/mol. The quantitative estimate of drug-likeness (QED) is 0.841. The summed E-state index contributed by atoms with van der Waals surface area (Å²) < 4.78 is 0. The van der Waals surface area contributed by atoms with Gasteiger partial charge in [0.2, 0.25) is 5.91 Å². The van der Waals surface area contributed by atoms with Crippen LogP contribution in [-0.4, -0.2) is 35.0 Å². The van der Waals surface area contributed by atoms with Gasteiger partial charge in [-0.3, -0.25) is 9.59 Å². The maximum absolute atomic E-state index is 12.1. The molecule has 1 amide bonds. The summed E-state index contributed by atoms with van der Waals surface area (Å²) in [6.45, 7) is 1.53. The van der Waals surface area contributed by atoms with Crippen LogP contribution in [0, 0.1) is 5.92 Å². The summed E-state index contributed by atoms with van der Waals surface area (Å²) in [6, 6.07) is 4.14. The molecular formula is C15H21NO3S. The van der Waals surface area contributed by atoms with Crippen LogP contribution in [-0.2, 0) is 16.0 Å². The van der Waals surface area contributed by atoms with Crippen LogP contribution in [0.3, 0.4) is 0 Å². The van der Waals surface area contributed by atoms with Crippen molar-refractivity contribution in [3.63, 3.8) is 0 Å². The third-order valence-corrected chi connectivity index (χ3v) is 4.74. The van der Waals surface area contributed by atoms with Crippen LogP contribution in [0.25, 0.3) is 0 Å². The molecule has 0 aromatic carbocycles. The van der Waals surface area contributed by atoms with Gasteiger partial charge in [0.05, 0.1) is 0 Å². The van der Waals surface area contributed by atoms with Crippen LogP contribution < -0.4 is 0 Å². The Hall–Kier alpha value is -1.36. The maximum Gasteiger partial charge on any atom is 0.303 e. The van der Waals surface area contributed by atoms with Crippen LogP contribution in [0.5, 0.6) is 0 Å². The zero-order valence-electron chi connectivity index (χ0n) is 11.6. The normalized spacial score (nSPS) is 18.4. The van der Waals surface area contributed by atoms with Crippen molar-refractivity contribution in [3.05, 3.63) is 22.4 Å². The molecule has 110 valence electrons. The van der Waals surface area contributed by atoms with Crippen molar-refractivity contribution < 1.29 is 14.7 Å². The summed E-state index contributed by atoms with van der Waals surface area (Å²) in [5.41, 5.74) is 0. The first-order valence-corrected chi connectivity index (χ1v) is 8.05. The number of likely N-dealkylation sites (tertiary alicyclic amines) is 1. The predicted molar refractivity (Wildman–Crippen MR) is 78.8 cm³/mol. The molecule has 0 radical (unpaired) electrons. The number of rotatable bonds is 7. The Balaban J connectivity index is 1.65. The van der Waals surface area contributed by atoms with Gasteiger partial charge >= 0.3 is 5.97 Å². The first-order valence-electron chi connectivity index (χ1n) is 7.17. The number of hydrogen-bond donors (Lipinski definition) is 1. The Labute approximate surface area is 123 Å². The zero-order chi connectivity index (χ0) is 14.4. The smallest absolute Gasteiger partial charge is 0.303 e. The molecule has 1 aromatic rings. The van der Waals surface area contributed by atoms with E-state index in [1.165, 1.54) is 4.88 Å². The van der Waals surface area contributed by atoms with Crippen molar-refractivity contribution in [2.45, 2.75) is 38.5 Å². The van der Waals surface area contributed by atoms with E-state index in [1.807, 2.05) is 11.0 Å². The number of amides is 1. The molecule has 1 unspecified atom stereocenters. The Kier molecular flexibility index (Phi) is 5.59. The number of carbonyl (C=O) groups excluding carboxylic acids is 1. The van der Waals surface area contributed by atoms with Crippen LogP contribution in [0.1, 0.15) is 37.0 Å². The van der Waals surface area contributed by atoms with E-state index in [0.717, 1.165) is 32.4 Å². The van der Waals surface area contributed by atoms with Gasteiger partial charge in [-0.2, -0.15) is 0 Å². The highest BCUT2D eigenvalue weighted by Crippen LogP contribution is 2.22. The van der Waals surface area contributed by atoms with Gasteiger partial charge in [-0.25, -0.2) is 0 Å². The summed E-state index contributed by atoms with van der Waals surface area (Å²) in [4.78, 5) is 25.9. The molecule has 1 aromatic heterocycles. The maximum atomic E-state index is 12.1. The molecule has 0 aliphatic carbocycles. The van der Waals surface area contributed by atoms with Gasteiger partial charge in [0.25, 0.3) is 0 Å². The minimum atomic E-state index is -0.745. The summed E-state index contributed by atoms with van der Waals surface area (Å²) in [7, 11) is 0. The van der Waals surface area contributed by atoms with E-state index in [2.05, 4.69) is 11.4 Å². The van der Waals surface area contributed by atoms with Gasteiger partial charge in [0.15, 0.2) is 0 Å². The van der Waals surface area contributed by atoms with Gasteiger partial charge in [0.1, 0.15) is 0 Å². The van der Waals surface area contributed by atoms with Gasteiger partial charge in [-0.05, 0) is 43.0 Å². The standard InChI is InChI=1S/C15H21NO3S/c17-14(5-1-3-13-4-2-10-20-13)16-9-8-12(11-16)6-7-15(18)19/h2,4,10,12H,1,3,5-9,11H2,(H,18,19). The van der Waals surface area contributed by atoms with E-state index in [0.29, 0.717) is 18.8 Å². The molecule has 0 spiro atoms. The highest BCUT2D eigenvalue weighted by Gasteiger charge is 2.25. The van der Waals surface area contributed by atoms with E-state index in [9.17, 15) is 9.59 Å². The van der Waals surface area contributed by atoms with Gasteiger partial charge in [0, 0.05) is 30.8 Å². The number of nitrogens with zero attached hydrogens (tertiary/aromatic N) is 1. The molecule has 20 heavy (non-hydrogen) atoms. The van der Waals surface area contributed by atoms with Crippen LogP contribution in [0.4, 0.5) is 0 Å². The minimum Gasteiger partial charge on any atom is -0.481 e. The molecule has 4 nitrogen and oxygen atoms in total. The number of hydrogen-bond acceptors (Lipinski definition) is 3. The van der Waals surface area contributed by atoms with Crippen molar-refractivity contribution >= 4 is 23.2 Å². The molecule has 2 heterocycles. The molecule has 1 atom stereocenters. The third-order valence-electron chi connectivity index (χ3n) is 3.80. The van der Waals surface area contributed by atoms with E-state index in [4.69, 9.17) is 5.11 Å². The molecule has 1 N–H and O–H groups in total. The average Bonchev–Trinajstić information content (AvgIpc) is 3.07. The molecule has 0 bridgehead atoms. The number of carboxylic acids is 1. The van der Waals surface area contributed by atoms with Crippen LogP contribution in [0.15, 0.2) is 17.5 Å². The molecule has 1 aliphatic heterocycles. The zero-order valence-corrected chi connectivity index (χ0v) is 12.4. The van der Waals surface area contributed by atoms with Crippen LogP contribution >= 0.6 is 11.3 Å². The lowest BCUT2D eigenvalue weighted by Crippen LogP contribution is -2.28. The fraction of sp³-hybridized carbons (Fsp3) is 0.600. The Morgan fingerprint density at radius 3 is 2.95 bits per heavy atom. The number of thiophene rings is 1. The minimum absolute atomic E-state index is 0.213. The highest BCUT2D eigenvalue weighted by molar-refractivity contribution is 7.09. The van der Waals surface area contributed by atoms with Gasteiger partial charge < -0.3 is 10.0 Å². The summed E-state index contributed by atoms with van der Waals surface area (Å²) in [5.74, 6) is -0.155. The molecule has 0 saturated carbocycles. The Morgan fingerprint density at radius 1 is 1.40 bits per heavy atom. The number of carboxylic acid groups (broad SMARTS) is 1. The topological polar surface area (TPSA) is 57.6 Å². The van der Waals surface area contributed by atoms with Gasteiger partial charge in [-0.15, -0.1) is 11.3 Å². The second kappa shape index (κ2) is 7.43. The van der Waals surface area contributed by atoms with Crippen molar-refractivity contribution in [1.82, 2.24) is 4.90 Å². The summed E-state index contributed by atoms with van der Waals surface area (Å²) in [5, 5.41) is 10.7. The second-order valence-electron chi connectivity index (χ2n) is 5.36. The highest BCUT2D eigenvalue weighted by atomic mass is 32.1. The fourth-order valence-corrected chi connectivity index (χ4v) is 3.40. The van der Waals surface area contributed by atoms with Crippen molar-refractivity contribution in [3.8, 4) is 0 Å². The van der Waals surface area contributed by atoms with E-state index < -0.39 is 5.97 Å². The molecule has 1 saturated heterocycles. The third kappa shape index (κ3) is 4.63. The first-order chi connectivity index (χ1) is 9.65. The average molecular weight is 295 g/mol. The number of carbonyl (C=O) groups is 2. The molecule has 1 fully saturated rings. The summed E-state index contributed by atoms with van der Waals surface area (Å²) in [6.07, 6.45) is 4.32. The van der Waals surface area contributed by atoms with Crippen molar-refractivity contribution in [1.29, 1.82) is 0 Å². The lowest BCUT2D eigenvalue weighted by Gasteiger charge is -2.16. The molecule has 5 heteroatoms. The largest absolute Gasteiger partial charge is 0.481 e. The number of aryl methyl sites for hydroxylation is 1. The van der Waals surface area contributed by atoms with E-state index in [1.54, 1.807) is 11.3 Å². The predicted octanol–water partition coefficient (Wildman–Crippen LogP) is 2.78. The first kappa shape index (κ1) is 15.0. The summed E-state index contributed by atoms with van der Waals surface area (Å²) >= 11 is 1.74. The van der Waals surface area contributed by atoms with E-state index >= 15 is 0 Å². The molecule has 2 rings (SSSR count). The van der Waals surface area contributed by atoms with Crippen molar-refractivity contribution in [2.75, 3.05) is 13.1 Å². The SMILES string of the molecule is O=C(O)CCC1CCN(C(=O)CCCc2cccs2)C1. The van der Waals surface area contributed by atoms with Gasteiger partial charge in [-0.1, -0.05) is 6.07 Å². The molecular weight excluding hydrogens is 274 g/mol. The second-order valence-corrected chi connectivity index (χ2v) is 6.39. The van der Waals surface area contributed by atoms with E-state index in [-0.39, 0.29) is 12.3 Å². The Bertz CT molecular complexity index is 444.